The van der Waals surface area contributed by atoms with Gasteiger partial charge in [-0.1, -0.05) is 18.6 Å². The summed E-state index contributed by atoms with van der Waals surface area (Å²) >= 11 is 0. The Bertz CT molecular complexity index is 926. The fourth-order valence-corrected chi connectivity index (χ4v) is 4.49. The maximum Gasteiger partial charge on any atom is 0.339 e. The third-order valence-corrected chi connectivity index (χ3v) is 6.38. The standard InChI is InChI=1S/C24H28FN3O3/c1-2-31-22(29)18-5-10-21(26-17-18)27-13-4-14-28(16-15-27)23(30)24(11-3-12-24)19-6-8-20(25)9-7-19/h5-10,17H,2-4,11-16H2,1H3. The van der Waals surface area contributed by atoms with Crippen LogP contribution in [0.25, 0.3) is 0 Å². The topological polar surface area (TPSA) is 62.7 Å². The maximum absolute atomic E-state index is 13.5. The molecule has 0 bridgehead atoms. The molecule has 31 heavy (non-hydrogen) atoms. The van der Waals surface area contributed by atoms with Gasteiger partial charge in [-0.3, -0.25) is 4.79 Å². The monoisotopic (exact) mass is 425 g/mol. The zero-order valence-electron chi connectivity index (χ0n) is 17.8. The Kier molecular flexibility index (Phi) is 6.20. The number of pyridine rings is 1. The summed E-state index contributed by atoms with van der Waals surface area (Å²) in [7, 11) is 0. The van der Waals surface area contributed by atoms with Crippen molar-refractivity contribution in [1.29, 1.82) is 0 Å². The minimum absolute atomic E-state index is 0.151. The summed E-state index contributed by atoms with van der Waals surface area (Å²) in [6.45, 7) is 4.88. The molecular weight excluding hydrogens is 397 g/mol. The van der Waals surface area contributed by atoms with Crippen LogP contribution in [0.5, 0.6) is 0 Å². The molecule has 0 atom stereocenters. The third-order valence-electron chi connectivity index (χ3n) is 6.38. The number of amides is 1. The lowest BCUT2D eigenvalue weighted by Crippen LogP contribution is -2.52. The van der Waals surface area contributed by atoms with Gasteiger partial charge in [0.2, 0.25) is 5.91 Å². The number of halogens is 1. The molecule has 1 saturated carbocycles. The Balaban J connectivity index is 1.43. The van der Waals surface area contributed by atoms with E-state index in [1.54, 1.807) is 31.3 Å². The van der Waals surface area contributed by atoms with Crippen LogP contribution in [0.2, 0.25) is 0 Å². The van der Waals surface area contributed by atoms with Gasteiger partial charge in [0, 0.05) is 32.4 Å². The molecule has 0 spiro atoms. The SMILES string of the molecule is CCOC(=O)c1ccc(N2CCCN(C(=O)C3(c4ccc(F)cc4)CCC3)CC2)nc1. The van der Waals surface area contributed by atoms with Gasteiger partial charge < -0.3 is 14.5 Å². The van der Waals surface area contributed by atoms with Crippen molar-refractivity contribution in [1.82, 2.24) is 9.88 Å². The van der Waals surface area contributed by atoms with Crippen LogP contribution < -0.4 is 4.90 Å². The summed E-state index contributed by atoms with van der Waals surface area (Å²) in [4.78, 5) is 33.9. The summed E-state index contributed by atoms with van der Waals surface area (Å²) < 4.78 is 18.4. The quantitative estimate of drug-likeness (QED) is 0.686. The highest BCUT2D eigenvalue weighted by Crippen LogP contribution is 2.45. The molecule has 0 radical (unpaired) electrons. The van der Waals surface area contributed by atoms with E-state index in [0.717, 1.165) is 43.6 Å². The Labute approximate surface area is 182 Å². The van der Waals surface area contributed by atoms with Gasteiger partial charge in [-0.05, 0) is 56.0 Å². The number of aromatic nitrogens is 1. The summed E-state index contributed by atoms with van der Waals surface area (Å²) in [5.74, 6) is 0.287. The van der Waals surface area contributed by atoms with Gasteiger partial charge in [-0.25, -0.2) is 14.2 Å². The van der Waals surface area contributed by atoms with Gasteiger partial charge in [0.05, 0.1) is 17.6 Å². The van der Waals surface area contributed by atoms with E-state index in [0.29, 0.717) is 31.8 Å². The van der Waals surface area contributed by atoms with Crippen molar-refractivity contribution in [2.24, 2.45) is 0 Å². The zero-order chi connectivity index (χ0) is 21.8. The molecule has 0 unspecified atom stereocenters. The van der Waals surface area contributed by atoms with Crippen LogP contribution in [0.3, 0.4) is 0 Å². The second-order valence-electron chi connectivity index (χ2n) is 8.20. The number of carbonyl (C=O) groups is 2. The predicted octanol–water partition coefficient (Wildman–Crippen LogP) is 3.56. The van der Waals surface area contributed by atoms with Crippen molar-refractivity contribution in [2.45, 2.75) is 38.0 Å². The summed E-state index contributed by atoms with van der Waals surface area (Å²) in [6.07, 6.45) is 5.02. The van der Waals surface area contributed by atoms with Crippen LogP contribution in [0, 0.1) is 5.82 Å². The van der Waals surface area contributed by atoms with Gasteiger partial charge in [0.1, 0.15) is 11.6 Å². The molecule has 1 amide bonds. The van der Waals surface area contributed by atoms with Gasteiger partial charge in [0.15, 0.2) is 0 Å². The van der Waals surface area contributed by atoms with Crippen LogP contribution in [0.1, 0.15) is 48.5 Å². The van der Waals surface area contributed by atoms with E-state index in [9.17, 15) is 14.0 Å². The Morgan fingerprint density at radius 1 is 1.03 bits per heavy atom. The number of hydrogen-bond acceptors (Lipinski definition) is 5. The van der Waals surface area contributed by atoms with E-state index in [1.807, 2.05) is 11.0 Å². The number of nitrogens with zero attached hydrogens (tertiary/aromatic N) is 3. The van der Waals surface area contributed by atoms with Crippen molar-refractivity contribution in [3.8, 4) is 0 Å². The third kappa shape index (κ3) is 4.27. The molecule has 164 valence electrons. The van der Waals surface area contributed by atoms with Crippen molar-refractivity contribution in [2.75, 3.05) is 37.7 Å². The van der Waals surface area contributed by atoms with Crippen LogP contribution in [0.4, 0.5) is 10.2 Å². The highest BCUT2D eigenvalue weighted by Gasteiger charge is 2.47. The minimum atomic E-state index is -0.512. The Morgan fingerprint density at radius 2 is 1.81 bits per heavy atom. The van der Waals surface area contributed by atoms with Crippen LogP contribution in [-0.2, 0) is 14.9 Å². The van der Waals surface area contributed by atoms with E-state index in [-0.39, 0.29) is 17.7 Å². The molecule has 6 nitrogen and oxygen atoms in total. The number of ether oxygens (including phenoxy) is 1. The molecule has 1 aromatic carbocycles. The Morgan fingerprint density at radius 3 is 2.42 bits per heavy atom. The lowest BCUT2D eigenvalue weighted by Gasteiger charge is -2.44. The maximum atomic E-state index is 13.5. The van der Waals surface area contributed by atoms with Crippen molar-refractivity contribution in [3.63, 3.8) is 0 Å². The van der Waals surface area contributed by atoms with Crippen molar-refractivity contribution in [3.05, 3.63) is 59.5 Å². The lowest BCUT2D eigenvalue weighted by atomic mass is 9.63. The fraction of sp³-hybridized carbons (Fsp3) is 0.458. The summed E-state index contributed by atoms with van der Waals surface area (Å²) in [5.41, 5.74) is 0.841. The molecular formula is C24H28FN3O3. The number of benzene rings is 1. The number of esters is 1. The molecule has 4 rings (SSSR count). The second kappa shape index (κ2) is 9.04. The highest BCUT2D eigenvalue weighted by atomic mass is 19.1. The molecule has 2 aliphatic rings. The average molecular weight is 426 g/mol. The smallest absolute Gasteiger partial charge is 0.339 e. The van der Waals surface area contributed by atoms with Crippen LogP contribution in [-0.4, -0.2) is 54.5 Å². The highest BCUT2D eigenvalue weighted by molar-refractivity contribution is 5.90. The van der Waals surface area contributed by atoms with Gasteiger partial charge in [-0.2, -0.15) is 0 Å². The number of carbonyl (C=O) groups excluding carboxylic acids is 2. The molecule has 2 heterocycles. The van der Waals surface area contributed by atoms with Gasteiger partial charge in [-0.15, -0.1) is 0 Å². The lowest BCUT2D eigenvalue weighted by molar-refractivity contribution is -0.140. The average Bonchev–Trinajstić information content (AvgIpc) is 3.01. The number of hydrogen-bond donors (Lipinski definition) is 0. The van der Waals surface area contributed by atoms with Crippen LogP contribution in [0.15, 0.2) is 42.6 Å². The molecule has 1 aliphatic carbocycles. The molecule has 7 heteroatoms. The summed E-state index contributed by atoms with van der Waals surface area (Å²) in [6, 6.07) is 9.95. The van der Waals surface area contributed by atoms with E-state index in [1.165, 1.54) is 12.1 Å². The van der Waals surface area contributed by atoms with Gasteiger partial charge in [0.25, 0.3) is 0 Å². The first-order valence-electron chi connectivity index (χ1n) is 11.0. The molecule has 1 saturated heterocycles. The second-order valence-corrected chi connectivity index (χ2v) is 8.20. The van der Waals surface area contributed by atoms with E-state index in [4.69, 9.17) is 4.74 Å². The van der Waals surface area contributed by atoms with E-state index >= 15 is 0 Å². The summed E-state index contributed by atoms with van der Waals surface area (Å²) in [5, 5.41) is 0. The molecule has 2 fully saturated rings. The first kappa shape index (κ1) is 21.3. The van der Waals surface area contributed by atoms with E-state index < -0.39 is 5.41 Å². The predicted molar refractivity (Wildman–Crippen MR) is 116 cm³/mol. The molecule has 2 aromatic rings. The van der Waals surface area contributed by atoms with Gasteiger partial charge >= 0.3 is 5.97 Å². The van der Waals surface area contributed by atoms with Crippen LogP contribution >= 0.6 is 0 Å². The molecule has 1 aromatic heterocycles. The largest absolute Gasteiger partial charge is 0.462 e. The van der Waals surface area contributed by atoms with E-state index in [2.05, 4.69) is 9.88 Å². The first-order chi connectivity index (χ1) is 15.0. The number of rotatable bonds is 5. The zero-order valence-corrected chi connectivity index (χ0v) is 17.8. The molecule has 0 N–H and O–H groups in total. The van der Waals surface area contributed by atoms with Crippen molar-refractivity contribution >= 4 is 17.7 Å². The molecule has 1 aliphatic heterocycles. The minimum Gasteiger partial charge on any atom is -0.462 e. The first-order valence-corrected chi connectivity index (χ1v) is 11.0. The number of anilines is 1. The fourth-order valence-electron chi connectivity index (χ4n) is 4.49. The normalized spacial score (nSPS) is 18.1. The Hall–Kier alpha value is -2.96. The van der Waals surface area contributed by atoms with Crippen molar-refractivity contribution < 1.29 is 18.7 Å².